The first-order valence-electron chi connectivity index (χ1n) is 9.86. The first-order chi connectivity index (χ1) is 15.0. The van der Waals surface area contributed by atoms with Gasteiger partial charge in [-0.15, -0.1) is 0 Å². The van der Waals surface area contributed by atoms with Gasteiger partial charge in [0.2, 0.25) is 0 Å². The van der Waals surface area contributed by atoms with E-state index in [1.807, 2.05) is 6.92 Å². The molecule has 3 aromatic rings. The summed E-state index contributed by atoms with van der Waals surface area (Å²) < 4.78 is 19.0. The fraction of sp³-hybridized carbons (Fsp3) is 0.120. The molecule has 1 unspecified atom stereocenters. The molecule has 31 heavy (non-hydrogen) atoms. The van der Waals surface area contributed by atoms with Gasteiger partial charge in [0.1, 0.15) is 17.3 Å². The normalized spacial score (nSPS) is 17.7. The summed E-state index contributed by atoms with van der Waals surface area (Å²) in [5, 5.41) is 11.0. The maximum Gasteiger partial charge on any atom is 0.300 e. The number of aliphatic hydroxyl groups excluding tert-OH is 1. The Labute approximate surface area is 179 Å². The first-order valence-corrected chi connectivity index (χ1v) is 9.86. The fourth-order valence-corrected chi connectivity index (χ4v) is 3.68. The van der Waals surface area contributed by atoms with Crippen LogP contribution in [-0.2, 0) is 9.59 Å². The Kier molecular flexibility index (Phi) is 5.54. The molecule has 1 N–H and O–H groups in total. The summed E-state index contributed by atoms with van der Waals surface area (Å²) in [4.78, 5) is 27.4. The molecule has 1 atom stereocenters. The van der Waals surface area contributed by atoms with Crippen molar-refractivity contribution < 1.29 is 23.8 Å². The van der Waals surface area contributed by atoms with Crippen molar-refractivity contribution in [1.82, 2.24) is 0 Å². The number of ether oxygens (including phenoxy) is 1. The van der Waals surface area contributed by atoms with E-state index >= 15 is 0 Å². The molecule has 3 aromatic carbocycles. The monoisotopic (exact) mass is 417 g/mol. The van der Waals surface area contributed by atoms with Crippen molar-refractivity contribution >= 4 is 23.1 Å². The lowest BCUT2D eigenvalue weighted by Crippen LogP contribution is -2.29. The maximum atomic E-state index is 13.6. The molecule has 1 saturated heterocycles. The molecule has 0 bridgehead atoms. The third-order valence-electron chi connectivity index (χ3n) is 5.10. The number of rotatable bonds is 5. The van der Waals surface area contributed by atoms with Crippen LogP contribution < -0.4 is 9.64 Å². The second kappa shape index (κ2) is 8.44. The SMILES string of the molecule is CCOc1ccc(N2C(=O)C(=O)C(=C(O)c3ccccc3)C2c2ccc(F)cc2)cc1. The van der Waals surface area contributed by atoms with Gasteiger partial charge in [-0.05, 0) is 48.9 Å². The third-order valence-corrected chi connectivity index (χ3v) is 5.10. The van der Waals surface area contributed by atoms with Crippen LogP contribution in [0.3, 0.4) is 0 Å². The number of anilines is 1. The van der Waals surface area contributed by atoms with Gasteiger partial charge in [-0.3, -0.25) is 14.5 Å². The molecule has 6 heteroatoms. The number of nitrogens with zero attached hydrogens (tertiary/aromatic N) is 1. The van der Waals surface area contributed by atoms with Crippen LogP contribution in [0.15, 0.2) is 84.4 Å². The summed E-state index contributed by atoms with van der Waals surface area (Å²) in [5.74, 6) is -1.66. The lowest BCUT2D eigenvalue weighted by molar-refractivity contribution is -0.132. The molecular weight excluding hydrogens is 397 g/mol. The Morgan fingerprint density at radius 3 is 2.23 bits per heavy atom. The number of ketones is 1. The lowest BCUT2D eigenvalue weighted by Gasteiger charge is -2.25. The summed E-state index contributed by atoms with van der Waals surface area (Å²) in [7, 11) is 0. The van der Waals surface area contributed by atoms with E-state index < -0.39 is 23.5 Å². The Hall–Kier alpha value is -3.93. The molecule has 1 amide bonds. The average molecular weight is 417 g/mol. The number of hydrogen-bond acceptors (Lipinski definition) is 4. The Bertz CT molecular complexity index is 1140. The zero-order valence-electron chi connectivity index (χ0n) is 16.8. The van der Waals surface area contributed by atoms with Gasteiger partial charge in [-0.2, -0.15) is 0 Å². The summed E-state index contributed by atoms with van der Waals surface area (Å²) in [6.07, 6.45) is 0. The van der Waals surface area contributed by atoms with Crippen molar-refractivity contribution in [3.8, 4) is 5.75 Å². The number of Topliss-reactive ketones (excluding diaryl/α,β-unsaturated/α-hetero) is 1. The van der Waals surface area contributed by atoms with E-state index in [1.165, 1.54) is 29.2 Å². The largest absolute Gasteiger partial charge is 0.507 e. The maximum absolute atomic E-state index is 13.6. The minimum atomic E-state index is -0.904. The van der Waals surface area contributed by atoms with Crippen molar-refractivity contribution in [2.24, 2.45) is 0 Å². The van der Waals surface area contributed by atoms with Crippen molar-refractivity contribution in [2.45, 2.75) is 13.0 Å². The van der Waals surface area contributed by atoms with Gasteiger partial charge in [0.25, 0.3) is 11.7 Å². The van der Waals surface area contributed by atoms with Crippen LogP contribution in [0.2, 0.25) is 0 Å². The first kappa shape index (κ1) is 20.3. The second-order valence-electron chi connectivity index (χ2n) is 7.01. The molecule has 5 nitrogen and oxygen atoms in total. The molecule has 1 aliphatic rings. The predicted molar refractivity (Wildman–Crippen MR) is 115 cm³/mol. The van der Waals surface area contributed by atoms with Gasteiger partial charge in [-0.25, -0.2) is 4.39 Å². The van der Waals surface area contributed by atoms with Gasteiger partial charge < -0.3 is 9.84 Å². The van der Waals surface area contributed by atoms with E-state index in [4.69, 9.17) is 4.74 Å². The molecule has 0 radical (unpaired) electrons. The highest BCUT2D eigenvalue weighted by Gasteiger charge is 2.46. The highest BCUT2D eigenvalue weighted by molar-refractivity contribution is 6.51. The van der Waals surface area contributed by atoms with E-state index in [0.717, 1.165) is 0 Å². The molecule has 1 aliphatic heterocycles. The molecule has 156 valence electrons. The zero-order valence-corrected chi connectivity index (χ0v) is 16.8. The van der Waals surface area contributed by atoms with Gasteiger partial charge in [-0.1, -0.05) is 42.5 Å². The van der Waals surface area contributed by atoms with Crippen LogP contribution in [0.4, 0.5) is 10.1 Å². The minimum Gasteiger partial charge on any atom is -0.507 e. The topological polar surface area (TPSA) is 66.8 Å². The van der Waals surface area contributed by atoms with Crippen molar-refractivity contribution in [3.05, 3.63) is 101 Å². The van der Waals surface area contributed by atoms with Gasteiger partial charge in [0, 0.05) is 11.3 Å². The standard InChI is InChI=1S/C25H20FNO4/c1-2-31-20-14-12-19(13-15-20)27-22(16-8-10-18(26)11-9-16)21(24(29)25(27)30)23(28)17-6-4-3-5-7-17/h3-15,22,28H,2H2,1H3. The van der Waals surface area contributed by atoms with Crippen LogP contribution in [0.1, 0.15) is 24.1 Å². The zero-order chi connectivity index (χ0) is 22.0. The molecule has 0 aromatic heterocycles. The number of amides is 1. The number of carbonyl (C=O) groups excluding carboxylic acids is 2. The number of aliphatic hydroxyl groups is 1. The Morgan fingerprint density at radius 2 is 1.61 bits per heavy atom. The third kappa shape index (κ3) is 3.80. The molecule has 1 fully saturated rings. The van der Waals surface area contributed by atoms with Gasteiger partial charge >= 0.3 is 0 Å². The predicted octanol–water partition coefficient (Wildman–Crippen LogP) is 4.85. The number of carbonyl (C=O) groups is 2. The molecule has 0 saturated carbocycles. The number of halogens is 1. The van der Waals surface area contributed by atoms with E-state index in [1.54, 1.807) is 54.6 Å². The molecular formula is C25H20FNO4. The smallest absolute Gasteiger partial charge is 0.300 e. The van der Waals surface area contributed by atoms with E-state index in [9.17, 15) is 19.1 Å². The van der Waals surface area contributed by atoms with Crippen LogP contribution >= 0.6 is 0 Å². The quantitative estimate of drug-likeness (QED) is 0.366. The Morgan fingerprint density at radius 1 is 0.968 bits per heavy atom. The second-order valence-corrected chi connectivity index (χ2v) is 7.01. The van der Waals surface area contributed by atoms with Crippen molar-refractivity contribution in [3.63, 3.8) is 0 Å². The highest BCUT2D eigenvalue weighted by Crippen LogP contribution is 2.42. The highest BCUT2D eigenvalue weighted by atomic mass is 19.1. The van der Waals surface area contributed by atoms with Gasteiger partial charge in [0.15, 0.2) is 0 Å². The van der Waals surface area contributed by atoms with Crippen molar-refractivity contribution in [2.75, 3.05) is 11.5 Å². The Balaban J connectivity index is 1.88. The molecule has 0 aliphatic carbocycles. The lowest BCUT2D eigenvalue weighted by atomic mass is 9.95. The number of benzene rings is 3. The number of hydrogen-bond donors (Lipinski definition) is 1. The van der Waals surface area contributed by atoms with E-state index in [0.29, 0.717) is 29.2 Å². The summed E-state index contributed by atoms with van der Waals surface area (Å²) in [6.45, 7) is 2.36. The van der Waals surface area contributed by atoms with Crippen LogP contribution in [0.25, 0.3) is 5.76 Å². The van der Waals surface area contributed by atoms with E-state index in [-0.39, 0.29) is 11.3 Å². The van der Waals surface area contributed by atoms with Crippen LogP contribution in [0, 0.1) is 5.82 Å². The summed E-state index contributed by atoms with van der Waals surface area (Å²) in [5.41, 5.74) is 1.34. The van der Waals surface area contributed by atoms with Crippen LogP contribution in [0.5, 0.6) is 5.75 Å². The molecule has 1 heterocycles. The summed E-state index contributed by atoms with van der Waals surface area (Å²) >= 11 is 0. The molecule has 4 rings (SSSR count). The minimum absolute atomic E-state index is 0.0447. The average Bonchev–Trinajstić information content (AvgIpc) is 3.06. The fourth-order valence-electron chi connectivity index (χ4n) is 3.68. The van der Waals surface area contributed by atoms with E-state index in [2.05, 4.69) is 0 Å². The van der Waals surface area contributed by atoms with Crippen LogP contribution in [-0.4, -0.2) is 23.4 Å². The van der Waals surface area contributed by atoms with Gasteiger partial charge in [0.05, 0.1) is 18.2 Å². The molecule has 0 spiro atoms. The summed E-state index contributed by atoms with van der Waals surface area (Å²) in [6, 6.07) is 19.9. The van der Waals surface area contributed by atoms with Crippen molar-refractivity contribution in [1.29, 1.82) is 0 Å².